The summed E-state index contributed by atoms with van der Waals surface area (Å²) in [5, 5.41) is 3.12. The Bertz CT molecular complexity index is 242. The van der Waals surface area contributed by atoms with Crippen LogP contribution in [0.4, 0.5) is 0 Å². The molecule has 3 N–H and O–H groups in total. The van der Waals surface area contributed by atoms with E-state index in [0.29, 0.717) is 5.92 Å². The molecule has 80 valence electrons. The molecule has 0 aliphatic carbocycles. The molecule has 14 heavy (non-hydrogen) atoms. The summed E-state index contributed by atoms with van der Waals surface area (Å²) in [7, 11) is 1.60. The van der Waals surface area contributed by atoms with Gasteiger partial charge in [0.05, 0.1) is 12.6 Å². The van der Waals surface area contributed by atoms with E-state index in [2.05, 4.69) is 5.32 Å². The minimum Gasteiger partial charge on any atom is -0.368 e. The van der Waals surface area contributed by atoms with E-state index in [1.54, 1.807) is 7.05 Å². The average Bonchev–Trinajstić information content (AvgIpc) is 2.48. The van der Waals surface area contributed by atoms with Crippen molar-refractivity contribution in [3.05, 3.63) is 0 Å². The first-order valence-corrected chi connectivity index (χ1v) is 4.79. The van der Waals surface area contributed by atoms with E-state index in [0.717, 1.165) is 13.0 Å². The number of nitrogens with two attached hydrogens (primary N) is 1. The number of nitrogens with one attached hydrogen (secondary N) is 1. The van der Waals surface area contributed by atoms with Gasteiger partial charge in [0.15, 0.2) is 0 Å². The van der Waals surface area contributed by atoms with Crippen LogP contribution in [-0.2, 0) is 9.59 Å². The molecule has 1 aliphatic heterocycles. The first-order chi connectivity index (χ1) is 6.52. The van der Waals surface area contributed by atoms with E-state index >= 15 is 0 Å². The van der Waals surface area contributed by atoms with Crippen LogP contribution < -0.4 is 11.1 Å². The van der Waals surface area contributed by atoms with Gasteiger partial charge in [-0.2, -0.15) is 0 Å². The van der Waals surface area contributed by atoms with Gasteiger partial charge in [-0.1, -0.05) is 6.92 Å². The van der Waals surface area contributed by atoms with Crippen molar-refractivity contribution >= 4 is 11.8 Å². The number of rotatable bonds is 3. The Morgan fingerprint density at radius 3 is 2.64 bits per heavy atom. The first-order valence-electron chi connectivity index (χ1n) is 4.79. The summed E-state index contributed by atoms with van der Waals surface area (Å²) >= 11 is 0. The van der Waals surface area contributed by atoms with E-state index in [1.165, 1.54) is 4.90 Å². The molecule has 0 aromatic carbocycles. The van der Waals surface area contributed by atoms with Gasteiger partial charge in [0.25, 0.3) is 0 Å². The monoisotopic (exact) mass is 199 g/mol. The molecule has 1 rings (SSSR count). The number of hydrogen-bond acceptors (Lipinski definition) is 3. The third-order valence-electron chi connectivity index (χ3n) is 2.57. The topological polar surface area (TPSA) is 75.4 Å². The van der Waals surface area contributed by atoms with Crippen molar-refractivity contribution in [1.29, 1.82) is 0 Å². The van der Waals surface area contributed by atoms with Crippen LogP contribution in [0.15, 0.2) is 0 Å². The van der Waals surface area contributed by atoms with Crippen molar-refractivity contribution in [2.45, 2.75) is 19.4 Å². The van der Waals surface area contributed by atoms with Gasteiger partial charge >= 0.3 is 0 Å². The van der Waals surface area contributed by atoms with E-state index in [9.17, 15) is 9.59 Å². The Balaban J connectivity index is 2.51. The van der Waals surface area contributed by atoms with E-state index < -0.39 is 5.91 Å². The lowest BCUT2D eigenvalue weighted by Crippen LogP contribution is -2.46. The van der Waals surface area contributed by atoms with Gasteiger partial charge in [0.1, 0.15) is 0 Å². The molecule has 0 saturated carbocycles. The van der Waals surface area contributed by atoms with Crippen LogP contribution in [0, 0.1) is 5.92 Å². The normalized spacial score (nSPS) is 26.1. The van der Waals surface area contributed by atoms with Crippen molar-refractivity contribution in [1.82, 2.24) is 10.2 Å². The minimum atomic E-state index is -0.480. The average molecular weight is 199 g/mol. The van der Waals surface area contributed by atoms with Crippen molar-refractivity contribution in [2.75, 3.05) is 20.1 Å². The fourth-order valence-electron chi connectivity index (χ4n) is 1.71. The highest BCUT2D eigenvalue weighted by molar-refractivity contribution is 5.87. The molecule has 1 aliphatic rings. The Kier molecular flexibility index (Phi) is 3.46. The molecule has 1 heterocycles. The second-order valence-corrected chi connectivity index (χ2v) is 3.86. The van der Waals surface area contributed by atoms with Gasteiger partial charge in [-0.25, -0.2) is 0 Å². The molecular weight excluding hydrogens is 182 g/mol. The molecule has 1 saturated heterocycles. The molecular formula is C9H17N3O2. The molecule has 2 amide bonds. The lowest BCUT2D eigenvalue weighted by Gasteiger charge is -2.22. The van der Waals surface area contributed by atoms with Crippen molar-refractivity contribution in [3.8, 4) is 0 Å². The van der Waals surface area contributed by atoms with Crippen LogP contribution in [0.1, 0.15) is 13.3 Å². The molecule has 5 heteroatoms. The van der Waals surface area contributed by atoms with Gasteiger partial charge in [0, 0.05) is 7.05 Å². The largest absolute Gasteiger partial charge is 0.368 e. The van der Waals surface area contributed by atoms with Crippen LogP contribution in [0.5, 0.6) is 0 Å². The summed E-state index contributed by atoms with van der Waals surface area (Å²) in [6.45, 7) is 2.88. The lowest BCUT2D eigenvalue weighted by atomic mass is 10.0. The predicted molar refractivity (Wildman–Crippen MR) is 52.4 cm³/mol. The van der Waals surface area contributed by atoms with Crippen LogP contribution >= 0.6 is 0 Å². The van der Waals surface area contributed by atoms with E-state index in [-0.39, 0.29) is 18.5 Å². The summed E-state index contributed by atoms with van der Waals surface area (Å²) in [6.07, 6.45) is 1.00. The molecule has 0 spiro atoms. The van der Waals surface area contributed by atoms with Gasteiger partial charge in [-0.3, -0.25) is 9.59 Å². The smallest absolute Gasteiger partial charge is 0.240 e. The maximum absolute atomic E-state index is 11.7. The molecule has 0 radical (unpaired) electrons. The highest BCUT2D eigenvalue weighted by Gasteiger charge is 2.31. The van der Waals surface area contributed by atoms with Gasteiger partial charge in [-0.05, 0) is 18.9 Å². The van der Waals surface area contributed by atoms with Crippen LogP contribution in [0.2, 0.25) is 0 Å². The number of carbonyl (C=O) groups is 2. The number of carbonyl (C=O) groups excluding carboxylic acids is 2. The standard InChI is InChI=1S/C9H17N3O2/c1-6-3-4-11-8(6)9(14)12(2)5-7(10)13/h6,8,11H,3-5H2,1-2H3,(H2,10,13). The predicted octanol–water partition coefficient (Wildman–Crippen LogP) is -1.07. The SMILES string of the molecule is CC1CCNC1C(=O)N(C)CC(N)=O. The molecule has 2 atom stereocenters. The van der Waals surface area contributed by atoms with Crippen molar-refractivity contribution in [2.24, 2.45) is 11.7 Å². The second-order valence-electron chi connectivity index (χ2n) is 3.86. The summed E-state index contributed by atoms with van der Waals surface area (Å²) < 4.78 is 0. The number of likely N-dealkylation sites (N-methyl/N-ethyl adjacent to an activating group) is 1. The zero-order valence-corrected chi connectivity index (χ0v) is 8.62. The summed E-state index contributed by atoms with van der Waals surface area (Å²) in [4.78, 5) is 23.7. The number of hydrogen-bond donors (Lipinski definition) is 2. The fraction of sp³-hybridized carbons (Fsp3) is 0.778. The third kappa shape index (κ3) is 2.45. The minimum absolute atomic E-state index is 0.0102. The van der Waals surface area contributed by atoms with Gasteiger partial charge in [0.2, 0.25) is 11.8 Å². The highest BCUT2D eigenvalue weighted by atomic mass is 16.2. The number of amides is 2. The first kappa shape index (κ1) is 11.0. The van der Waals surface area contributed by atoms with Crippen LogP contribution in [-0.4, -0.2) is 42.9 Å². The van der Waals surface area contributed by atoms with Crippen molar-refractivity contribution < 1.29 is 9.59 Å². The molecule has 0 aromatic rings. The van der Waals surface area contributed by atoms with Crippen molar-refractivity contribution in [3.63, 3.8) is 0 Å². The zero-order valence-electron chi connectivity index (χ0n) is 8.62. The third-order valence-corrected chi connectivity index (χ3v) is 2.57. The summed E-state index contributed by atoms with van der Waals surface area (Å²) in [6, 6.07) is -0.153. The highest BCUT2D eigenvalue weighted by Crippen LogP contribution is 2.15. The van der Waals surface area contributed by atoms with Gasteiger partial charge in [-0.15, -0.1) is 0 Å². The van der Waals surface area contributed by atoms with Crippen LogP contribution in [0.25, 0.3) is 0 Å². The number of nitrogens with zero attached hydrogens (tertiary/aromatic N) is 1. The van der Waals surface area contributed by atoms with Crippen LogP contribution in [0.3, 0.4) is 0 Å². The lowest BCUT2D eigenvalue weighted by molar-refractivity contribution is -0.136. The number of primary amides is 1. The Morgan fingerprint density at radius 1 is 1.57 bits per heavy atom. The maximum atomic E-state index is 11.7. The van der Waals surface area contributed by atoms with E-state index in [4.69, 9.17) is 5.73 Å². The molecule has 0 aromatic heterocycles. The molecule has 0 bridgehead atoms. The Hall–Kier alpha value is -1.10. The maximum Gasteiger partial charge on any atom is 0.240 e. The fourth-order valence-corrected chi connectivity index (χ4v) is 1.71. The Morgan fingerprint density at radius 2 is 2.21 bits per heavy atom. The Labute approximate surface area is 83.6 Å². The zero-order chi connectivity index (χ0) is 10.7. The second kappa shape index (κ2) is 4.41. The molecule has 2 unspecified atom stereocenters. The molecule has 1 fully saturated rings. The van der Waals surface area contributed by atoms with Gasteiger partial charge < -0.3 is 16.0 Å². The summed E-state index contributed by atoms with van der Waals surface area (Å²) in [5.74, 6) is -0.196. The van der Waals surface area contributed by atoms with E-state index in [1.807, 2.05) is 6.92 Å². The quantitative estimate of drug-likeness (QED) is 0.607. The summed E-state index contributed by atoms with van der Waals surface area (Å²) in [5.41, 5.74) is 5.01. The molecule has 5 nitrogen and oxygen atoms in total.